The molecule has 0 radical (unpaired) electrons. The number of nitrogens with zero attached hydrogens (tertiary/aromatic N) is 1. The third-order valence-electron chi connectivity index (χ3n) is 4.78. The molecule has 1 heterocycles. The van der Waals surface area contributed by atoms with Crippen molar-refractivity contribution >= 4 is 17.5 Å². The minimum absolute atomic E-state index is 0.139. The number of rotatable bonds is 6. The highest BCUT2D eigenvalue weighted by molar-refractivity contribution is 6.35. The summed E-state index contributed by atoms with van der Waals surface area (Å²) in [6.07, 6.45) is 1.86. The Morgan fingerprint density at radius 3 is 2.67 bits per heavy atom. The van der Waals surface area contributed by atoms with Crippen molar-refractivity contribution in [2.24, 2.45) is 5.10 Å². The Bertz CT molecular complexity index is 724. The van der Waals surface area contributed by atoms with Crippen molar-refractivity contribution in [1.82, 2.24) is 10.7 Å². The van der Waals surface area contributed by atoms with E-state index in [4.69, 9.17) is 9.47 Å². The molecule has 8 nitrogen and oxygen atoms in total. The Morgan fingerprint density at radius 2 is 2.00 bits per heavy atom. The first-order chi connectivity index (χ1) is 13.1. The number of carbonyl (C=O) groups excluding carboxylic acids is 2. The first kappa shape index (κ1) is 19.3. The van der Waals surface area contributed by atoms with Crippen LogP contribution < -0.4 is 20.4 Å². The van der Waals surface area contributed by atoms with E-state index in [-0.39, 0.29) is 6.04 Å². The highest BCUT2D eigenvalue weighted by Crippen LogP contribution is 2.20. The normalized spacial score (nSPS) is 18.1. The molecule has 0 bridgehead atoms. The molecule has 1 saturated heterocycles. The monoisotopic (exact) mass is 375 g/mol. The van der Waals surface area contributed by atoms with Crippen LogP contribution in [0.3, 0.4) is 0 Å². The summed E-state index contributed by atoms with van der Waals surface area (Å²) in [5, 5.41) is 6.71. The summed E-state index contributed by atoms with van der Waals surface area (Å²) in [5.74, 6) is -0.550. The van der Waals surface area contributed by atoms with Gasteiger partial charge >= 0.3 is 11.8 Å². The van der Waals surface area contributed by atoms with Crippen LogP contribution in [0.1, 0.15) is 30.9 Å². The molecule has 1 aliphatic heterocycles. The zero-order valence-corrected chi connectivity index (χ0v) is 15.8. The minimum atomic E-state index is -0.743. The summed E-state index contributed by atoms with van der Waals surface area (Å²) < 4.78 is 10.9. The molecule has 27 heavy (non-hydrogen) atoms. The standard InChI is InChI=1S/C19H26N4O4/c1-13(21-22-19(25)18(24)20-16-4-5-16)14-3-6-17(26-2)15(11-14)12-23-7-9-27-10-8-23/h3,6,11,16H,4-5,7-10,12H2,1-2H3,(H,20,24)(H,22,25)/p+1/b21-13-. The minimum Gasteiger partial charge on any atom is -0.496 e. The van der Waals surface area contributed by atoms with Gasteiger partial charge in [0.1, 0.15) is 25.4 Å². The molecule has 0 aromatic heterocycles. The van der Waals surface area contributed by atoms with Crippen LogP contribution in [0.25, 0.3) is 0 Å². The van der Waals surface area contributed by atoms with Gasteiger partial charge in [-0.25, -0.2) is 5.43 Å². The molecule has 3 N–H and O–H groups in total. The van der Waals surface area contributed by atoms with E-state index in [1.165, 1.54) is 4.90 Å². The number of carbonyl (C=O) groups is 2. The predicted molar refractivity (Wildman–Crippen MR) is 99.7 cm³/mol. The van der Waals surface area contributed by atoms with E-state index >= 15 is 0 Å². The first-order valence-electron chi connectivity index (χ1n) is 9.30. The molecule has 1 aromatic carbocycles. The summed E-state index contributed by atoms with van der Waals surface area (Å²) in [6.45, 7) is 6.11. The van der Waals surface area contributed by atoms with E-state index in [0.29, 0.717) is 5.71 Å². The SMILES string of the molecule is COc1ccc(/C(C)=N\NC(=O)C(=O)NC2CC2)cc1C[NH+]1CCOCC1. The zero-order chi connectivity index (χ0) is 19.2. The zero-order valence-electron chi connectivity index (χ0n) is 15.8. The molecule has 1 aromatic rings. The summed E-state index contributed by atoms with van der Waals surface area (Å²) in [6, 6.07) is 5.97. The predicted octanol–water partition coefficient (Wildman–Crippen LogP) is -0.771. The highest BCUT2D eigenvalue weighted by Gasteiger charge is 2.26. The lowest BCUT2D eigenvalue weighted by molar-refractivity contribution is -0.921. The molecule has 2 aliphatic rings. The third kappa shape index (κ3) is 5.51. The van der Waals surface area contributed by atoms with Crippen LogP contribution >= 0.6 is 0 Å². The Morgan fingerprint density at radius 1 is 1.26 bits per heavy atom. The van der Waals surface area contributed by atoms with Crippen molar-refractivity contribution in [2.45, 2.75) is 32.4 Å². The second-order valence-corrected chi connectivity index (χ2v) is 6.95. The number of ether oxygens (including phenoxy) is 2. The van der Waals surface area contributed by atoms with E-state index in [9.17, 15) is 9.59 Å². The number of nitrogens with one attached hydrogen (secondary N) is 3. The smallest absolute Gasteiger partial charge is 0.329 e. The fourth-order valence-electron chi connectivity index (χ4n) is 2.98. The van der Waals surface area contributed by atoms with E-state index in [2.05, 4.69) is 15.8 Å². The molecule has 8 heteroatoms. The number of methoxy groups -OCH3 is 1. The number of hydrogen-bond donors (Lipinski definition) is 3. The number of quaternary nitrogens is 1. The number of morpholine rings is 1. The van der Waals surface area contributed by atoms with E-state index < -0.39 is 11.8 Å². The lowest BCUT2D eigenvalue weighted by Gasteiger charge is -2.24. The molecule has 2 amide bonds. The van der Waals surface area contributed by atoms with Crippen molar-refractivity contribution in [3.05, 3.63) is 29.3 Å². The van der Waals surface area contributed by atoms with Crippen molar-refractivity contribution in [2.75, 3.05) is 33.4 Å². The van der Waals surface area contributed by atoms with Gasteiger partial charge in [0.05, 0.1) is 26.0 Å². The molecular weight excluding hydrogens is 348 g/mol. The van der Waals surface area contributed by atoms with Gasteiger partial charge in [0, 0.05) is 11.6 Å². The van der Waals surface area contributed by atoms with Crippen molar-refractivity contribution < 1.29 is 24.0 Å². The summed E-state index contributed by atoms with van der Waals surface area (Å²) in [4.78, 5) is 24.9. The Labute approximate surface area is 158 Å². The highest BCUT2D eigenvalue weighted by atomic mass is 16.5. The van der Waals surface area contributed by atoms with Crippen LogP contribution in [0.4, 0.5) is 0 Å². The van der Waals surface area contributed by atoms with Crippen LogP contribution in [0.5, 0.6) is 5.75 Å². The van der Waals surface area contributed by atoms with Gasteiger partial charge in [0.25, 0.3) is 0 Å². The van der Waals surface area contributed by atoms with Crippen LogP contribution in [-0.4, -0.2) is 57.0 Å². The quantitative estimate of drug-likeness (QED) is 0.346. The number of hydrazone groups is 1. The maximum Gasteiger partial charge on any atom is 0.329 e. The molecular formula is C19H27N4O4+. The molecule has 146 valence electrons. The molecule has 2 fully saturated rings. The van der Waals surface area contributed by atoms with Gasteiger partial charge in [-0.2, -0.15) is 5.10 Å². The van der Waals surface area contributed by atoms with Crippen molar-refractivity contribution in [3.8, 4) is 5.75 Å². The fourth-order valence-corrected chi connectivity index (χ4v) is 2.98. The molecule has 1 aliphatic carbocycles. The molecule has 0 atom stereocenters. The molecule has 0 spiro atoms. The van der Waals surface area contributed by atoms with Gasteiger partial charge < -0.3 is 19.7 Å². The van der Waals surface area contributed by atoms with Crippen LogP contribution in [-0.2, 0) is 20.9 Å². The van der Waals surface area contributed by atoms with Crippen molar-refractivity contribution in [1.29, 1.82) is 0 Å². The summed E-state index contributed by atoms with van der Waals surface area (Å²) in [7, 11) is 1.66. The Hall–Kier alpha value is -2.45. The second-order valence-electron chi connectivity index (χ2n) is 6.95. The molecule has 3 rings (SSSR count). The lowest BCUT2D eigenvalue weighted by atomic mass is 10.1. The van der Waals surface area contributed by atoms with Gasteiger partial charge in [0.15, 0.2) is 0 Å². The fraction of sp³-hybridized carbons (Fsp3) is 0.526. The van der Waals surface area contributed by atoms with Crippen LogP contribution in [0.2, 0.25) is 0 Å². The third-order valence-corrected chi connectivity index (χ3v) is 4.78. The van der Waals surface area contributed by atoms with Crippen LogP contribution in [0.15, 0.2) is 23.3 Å². The Balaban J connectivity index is 1.65. The molecule has 1 saturated carbocycles. The van der Waals surface area contributed by atoms with E-state index in [0.717, 1.165) is 62.6 Å². The Kier molecular flexibility index (Phi) is 6.41. The number of benzene rings is 1. The maximum atomic E-state index is 11.8. The maximum absolute atomic E-state index is 11.8. The number of amides is 2. The largest absolute Gasteiger partial charge is 0.496 e. The first-order valence-corrected chi connectivity index (χ1v) is 9.30. The lowest BCUT2D eigenvalue weighted by Crippen LogP contribution is -3.12. The average Bonchev–Trinajstić information content (AvgIpc) is 3.50. The van der Waals surface area contributed by atoms with Gasteiger partial charge in [-0.1, -0.05) is 0 Å². The van der Waals surface area contributed by atoms with Crippen molar-refractivity contribution in [3.63, 3.8) is 0 Å². The summed E-state index contributed by atoms with van der Waals surface area (Å²) in [5.41, 5.74) is 4.91. The average molecular weight is 375 g/mol. The van der Waals surface area contributed by atoms with Gasteiger partial charge in [-0.05, 0) is 43.5 Å². The van der Waals surface area contributed by atoms with Crippen LogP contribution in [0, 0.1) is 0 Å². The second kappa shape index (κ2) is 8.96. The van der Waals surface area contributed by atoms with Gasteiger partial charge in [-0.3, -0.25) is 9.59 Å². The van der Waals surface area contributed by atoms with E-state index in [1.54, 1.807) is 14.0 Å². The topological polar surface area (TPSA) is 93.5 Å². The molecule has 0 unspecified atom stereocenters. The summed E-state index contributed by atoms with van der Waals surface area (Å²) >= 11 is 0. The van der Waals surface area contributed by atoms with Gasteiger partial charge in [0.2, 0.25) is 0 Å². The van der Waals surface area contributed by atoms with E-state index in [1.807, 2.05) is 18.2 Å². The number of hydrogen-bond acceptors (Lipinski definition) is 5. The van der Waals surface area contributed by atoms with Gasteiger partial charge in [-0.15, -0.1) is 0 Å².